The van der Waals surface area contributed by atoms with Crippen molar-refractivity contribution in [3.05, 3.63) is 16.5 Å². The van der Waals surface area contributed by atoms with Gasteiger partial charge in [0.25, 0.3) is 0 Å². The Morgan fingerprint density at radius 2 is 2.21 bits per heavy atom. The van der Waals surface area contributed by atoms with E-state index in [0.29, 0.717) is 6.54 Å². The summed E-state index contributed by atoms with van der Waals surface area (Å²) in [6.07, 6.45) is 0. The molecule has 0 saturated heterocycles. The van der Waals surface area contributed by atoms with E-state index >= 15 is 0 Å². The van der Waals surface area contributed by atoms with Crippen molar-refractivity contribution >= 4 is 27.9 Å². The maximum absolute atomic E-state index is 8.90. The summed E-state index contributed by atoms with van der Waals surface area (Å²) in [5, 5.41) is 9.99. The lowest BCUT2D eigenvalue weighted by Gasteiger charge is -2.24. The summed E-state index contributed by atoms with van der Waals surface area (Å²) in [5.41, 5.74) is -0.328. The number of hydrogen-bond donors (Lipinski definition) is 0. The van der Waals surface area contributed by atoms with Crippen LogP contribution in [0.4, 0.5) is 5.00 Å². The molecule has 0 fully saturated rings. The van der Waals surface area contributed by atoms with Crippen molar-refractivity contribution in [3.8, 4) is 6.07 Å². The quantitative estimate of drug-likeness (QED) is 0.793. The molecular weight excluding hydrogens is 216 g/mol. The predicted molar refractivity (Wildman–Crippen MR) is 62.0 cm³/mol. The molecule has 4 heteroatoms. The highest BCUT2D eigenvalue weighted by atomic mass is 35.5. The van der Waals surface area contributed by atoms with E-state index in [0.717, 1.165) is 9.34 Å². The molecule has 14 heavy (non-hydrogen) atoms. The van der Waals surface area contributed by atoms with E-state index in [2.05, 4.69) is 11.0 Å². The average Bonchev–Trinajstić information content (AvgIpc) is 2.51. The topological polar surface area (TPSA) is 27.0 Å². The molecule has 0 N–H and O–H groups in total. The van der Waals surface area contributed by atoms with Gasteiger partial charge in [0.15, 0.2) is 0 Å². The van der Waals surface area contributed by atoms with Crippen molar-refractivity contribution in [1.82, 2.24) is 0 Å². The summed E-state index contributed by atoms with van der Waals surface area (Å²) < 4.78 is 0.779. The third-order valence-electron chi connectivity index (χ3n) is 1.87. The van der Waals surface area contributed by atoms with Crippen LogP contribution in [0.1, 0.15) is 13.8 Å². The van der Waals surface area contributed by atoms with Crippen LogP contribution in [0.5, 0.6) is 0 Å². The standard InChI is InChI=1S/C10H13ClN2S/c1-10(2,6-12)7-13(3)9-5-4-8(11)14-9/h4-5H,7H2,1-3H3. The minimum atomic E-state index is -0.328. The van der Waals surface area contributed by atoms with Gasteiger partial charge < -0.3 is 4.90 Å². The van der Waals surface area contributed by atoms with Crippen molar-refractivity contribution in [2.45, 2.75) is 13.8 Å². The predicted octanol–water partition coefficient (Wildman–Crippen LogP) is 3.39. The molecule has 0 aliphatic heterocycles. The molecule has 0 amide bonds. The van der Waals surface area contributed by atoms with Gasteiger partial charge in [-0.25, -0.2) is 0 Å². The molecule has 0 bridgehead atoms. The molecule has 1 heterocycles. The first-order chi connectivity index (χ1) is 6.44. The van der Waals surface area contributed by atoms with Gasteiger partial charge in [0.2, 0.25) is 0 Å². The van der Waals surface area contributed by atoms with Crippen LogP contribution in [0.3, 0.4) is 0 Å². The van der Waals surface area contributed by atoms with E-state index in [1.165, 1.54) is 11.3 Å². The Morgan fingerprint density at radius 1 is 1.57 bits per heavy atom. The van der Waals surface area contributed by atoms with Crippen LogP contribution in [-0.2, 0) is 0 Å². The van der Waals surface area contributed by atoms with Crippen molar-refractivity contribution in [3.63, 3.8) is 0 Å². The fraction of sp³-hybridized carbons (Fsp3) is 0.500. The Hall–Kier alpha value is -0.720. The highest BCUT2D eigenvalue weighted by molar-refractivity contribution is 7.19. The van der Waals surface area contributed by atoms with Crippen LogP contribution >= 0.6 is 22.9 Å². The lowest BCUT2D eigenvalue weighted by molar-refractivity contribution is 0.498. The highest BCUT2D eigenvalue weighted by Crippen LogP contribution is 2.30. The SMILES string of the molecule is CN(CC(C)(C)C#N)c1ccc(Cl)s1. The lowest BCUT2D eigenvalue weighted by Crippen LogP contribution is -2.29. The van der Waals surface area contributed by atoms with E-state index in [9.17, 15) is 0 Å². The zero-order chi connectivity index (χ0) is 10.8. The second-order valence-corrected chi connectivity index (χ2v) is 5.62. The molecule has 1 rings (SSSR count). The maximum atomic E-state index is 8.90. The Kier molecular flexibility index (Phi) is 3.41. The summed E-state index contributed by atoms with van der Waals surface area (Å²) in [6.45, 7) is 4.57. The maximum Gasteiger partial charge on any atom is 0.0950 e. The van der Waals surface area contributed by atoms with E-state index < -0.39 is 0 Å². The second kappa shape index (κ2) is 4.20. The second-order valence-electron chi connectivity index (χ2n) is 3.93. The summed E-state index contributed by atoms with van der Waals surface area (Å²) in [4.78, 5) is 2.06. The molecule has 76 valence electrons. The average molecular weight is 229 g/mol. The van der Waals surface area contributed by atoms with Gasteiger partial charge in [-0.05, 0) is 26.0 Å². The molecule has 0 spiro atoms. The van der Waals surface area contributed by atoms with Crippen LogP contribution in [0, 0.1) is 16.7 Å². The monoisotopic (exact) mass is 228 g/mol. The van der Waals surface area contributed by atoms with E-state index in [1.54, 1.807) is 0 Å². The Labute approximate surface area is 93.7 Å². The third kappa shape index (κ3) is 2.90. The first-order valence-electron chi connectivity index (χ1n) is 4.32. The normalized spacial score (nSPS) is 11.1. The first-order valence-corrected chi connectivity index (χ1v) is 5.52. The van der Waals surface area contributed by atoms with Crippen molar-refractivity contribution in [2.24, 2.45) is 5.41 Å². The fourth-order valence-electron chi connectivity index (χ4n) is 1.22. The van der Waals surface area contributed by atoms with Crippen LogP contribution < -0.4 is 4.90 Å². The Bertz CT molecular complexity index is 351. The molecule has 1 aromatic rings. The van der Waals surface area contributed by atoms with Gasteiger partial charge >= 0.3 is 0 Å². The van der Waals surface area contributed by atoms with Crippen molar-refractivity contribution in [2.75, 3.05) is 18.5 Å². The van der Waals surface area contributed by atoms with Crippen LogP contribution in [0.25, 0.3) is 0 Å². The van der Waals surface area contributed by atoms with Gasteiger partial charge in [-0.15, -0.1) is 11.3 Å². The Balaban J connectivity index is 2.69. The molecule has 2 nitrogen and oxygen atoms in total. The highest BCUT2D eigenvalue weighted by Gasteiger charge is 2.19. The van der Waals surface area contributed by atoms with Gasteiger partial charge in [0, 0.05) is 13.6 Å². The zero-order valence-corrected chi connectivity index (χ0v) is 10.1. The minimum absolute atomic E-state index is 0.328. The first kappa shape index (κ1) is 11.4. The smallest absolute Gasteiger partial charge is 0.0950 e. The number of thiophene rings is 1. The number of halogens is 1. The number of nitriles is 1. The molecule has 0 saturated carbocycles. The molecule has 0 atom stereocenters. The Morgan fingerprint density at radius 3 is 2.64 bits per heavy atom. The number of anilines is 1. The largest absolute Gasteiger partial charge is 0.365 e. The van der Waals surface area contributed by atoms with Crippen LogP contribution in [-0.4, -0.2) is 13.6 Å². The number of nitrogens with zero attached hydrogens (tertiary/aromatic N) is 2. The van der Waals surface area contributed by atoms with Crippen LogP contribution in [0.15, 0.2) is 12.1 Å². The summed E-state index contributed by atoms with van der Waals surface area (Å²) >= 11 is 7.37. The molecule has 0 aliphatic rings. The molecule has 0 aliphatic carbocycles. The minimum Gasteiger partial charge on any atom is -0.365 e. The van der Waals surface area contributed by atoms with E-state index in [-0.39, 0.29) is 5.41 Å². The summed E-state index contributed by atoms with van der Waals surface area (Å²) in [6, 6.07) is 6.12. The molecular formula is C10H13ClN2S. The van der Waals surface area contributed by atoms with E-state index in [1.807, 2.05) is 33.0 Å². The number of rotatable bonds is 3. The van der Waals surface area contributed by atoms with Gasteiger partial charge in [-0.1, -0.05) is 11.6 Å². The van der Waals surface area contributed by atoms with Gasteiger partial charge in [-0.2, -0.15) is 5.26 Å². The van der Waals surface area contributed by atoms with Gasteiger partial charge in [0.1, 0.15) is 0 Å². The molecule has 0 radical (unpaired) electrons. The van der Waals surface area contributed by atoms with Gasteiger partial charge in [-0.3, -0.25) is 0 Å². The lowest BCUT2D eigenvalue weighted by atomic mass is 9.95. The van der Waals surface area contributed by atoms with Crippen LogP contribution in [0.2, 0.25) is 4.34 Å². The summed E-state index contributed by atoms with van der Waals surface area (Å²) in [7, 11) is 1.97. The third-order valence-corrected chi connectivity index (χ3v) is 3.22. The molecule has 1 aromatic heterocycles. The molecule has 0 unspecified atom stereocenters. The number of hydrogen-bond acceptors (Lipinski definition) is 3. The molecule has 0 aromatic carbocycles. The van der Waals surface area contributed by atoms with Crippen molar-refractivity contribution < 1.29 is 0 Å². The van der Waals surface area contributed by atoms with E-state index in [4.69, 9.17) is 16.9 Å². The summed E-state index contributed by atoms with van der Waals surface area (Å²) in [5.74, 6) is 0. The fourth-order valence-corrected chi connectivity index (χ4v) is 2.21. The van der Waals surface area contributed by atoms with Crippen molar-refractivity contribution in [1.29, 1.82) is 5.26 Å². The van der Waals surface area contributed by atoms with Gasteiger partial charge in [0.05, 0.1) is 20.8 Å². The zero-order valence-electron chi connectivity index (χ0n) is 8.54.